The lowest BCUT2D eigenvalue weighted by molar-refractivity contribution is -0.135. The number of fused-ring (bicyclic) bond motifs is 2. The number of nitrogens with zero attached hydrogens (tertiary/aromatic N) is 4. The molecule has 3 atom stereocenters. The predicted molar refractivity (Wildman–Crippen MR) is 73.0 cm³/mol. The summed E-state index contributed by atoms with van der Waals surface area (Å²) >= 11 is 0. The van der Waals surface area contributed by atoms with Gasteiger partial charge < -0.3 is 9.80 Å². The van der Waals surface area contributed by atoms with Gasteiger partial charge in [-0.15, -0.1) is 0 Å². The first-order valence-electron chi connectivity index (χ1n) is 7.56. The SMILES string of the molecule is CN1CC2CN(C(=O)C3CCc4n[nH]nc4C3)CC2C1. The maximum Gasteiger partial charge on any atom is 0.226 e. The zero-order chi connectivity index (χ0) is 13.7. The molecule has 0 bridgehead atoms. The Hall–Kier alpha value is -1.43. The summed E-state index contributed by atoms with van der Waals surface area (Å²) in [6, 6.07) is 0. The lowest BCUT2D eigenvalue weighted by atomic mass is 9.89. The van der Waals surface area contributed by atoms with E-state index in [2.05, 4.69) is 32.3 Å². The summed E-state index contributed by atoms with van der Waals surface area (Å²) in [6.07, 6.45) is 2.56. The van der Waals surface area contributed by atoms with Crippen molar-refractivity contribution in [3.05, 3.63) is 11.4 Å². The van der Waals surface area contributed by atoms with Crippen molar-refractivity contribution in [3.8, 4) is 0 Å². The summed E-state index contributed by atoms with van der Waals surface area (Å²) in [5, 5.41) is 11.0. The fourth-order valence-electron chi connectivity index (χ4n) is 4.16. The highest BCUT2D eigenvalue weighted by Crippen LogP contribution is 2.32. The number of carbonyl (C=O) groups excluding carboxylic acids is 1. The topological polar surface area (TPSA) is 65.1 Å². The van der Waals surface area contributed by atoms with Crippen molar-refractivity contribution in [1.29, 1.82) is 0 Å². The minimum Gasteiger partial charge on any atom is -0.342 e. The number of likely N-dealkylation sites (tertiary alicyclic amines) is 2. The zero-order valence-corrected chi connectivity index (χ0v) is 11.9. The summed E-state index contributed by atoms with van der Waals surface area (Å²) in [4.78, 5) is 17.2. The molecule has 1 amide bonds. The van der Waals surface area contributed by atoms with Gasteiger partial charge in [-0.05, 0) is 31.7 Å². The Morgan fingerprint density at radius 2 is 1.85 bits per heavy atom. The Balaban J connectivity index is 1.42. The molecular weight excluding hydrogens is 254 g/mol. The molecule has 0 saturated carbocycles. The second kappa shape index (κ2) is 4.55. The zero-order valence-electron chi connectivity index (χ0n) is 11.9. The average Bonchev–Trinajstić information content (AvgIpc) is 3.09. The summed E-state index contributed by atoms with van der Waals surface area (Å²) < 4.78 is 0. The smallest absolute Gasteiger partial charge is 0.226 e. The first-order valence-corrected chi connectivity index (χ1v) is 7.56. The molecule has 1 N–H and O–H groups in total. The van der Waals surface area contributed by atoms with Crippen molar-refractivity contribution in [2.45, 2.75) is 19.3 Å². The van der Waals surface area contributed by atoms with Crippen molar-refractivity contribution in [1.82, 2.24) is 25.2 Å². The number of aryl methyl sites for hydroxylation is 1. The highest BCUT2D eigenvalue weighted by Gasteiger charge is 2.42. The Labute approximate surface area is 118 Å². The van der Waals surface area contributed by atoms with Crippen LogP contribution in [0.5, 0.6) is 0 Å². The molecule has 3 aliphatic rings. The van der Waals surface area contributed by atoms with E-state index in [9.17, 15) is 4.79 Å². The van der Waals surface area contributed by atoms with Gasteiger partial charge in [-0.1, -0.05) is 0 Å². The molecule has 1 aromatic heterocycles. The van der Waals surface area contributed by atoms with Crippen molar-refractivity contribution in [2.24, 2.45) is 17.8 Å². The van der Waals surface area contributed by atoms with Crippen molar-refractivity contribution < 1.29 is 4.79 Å². The van der Waals surface area contributed by atoms with Crippen molar-refractivity contribution in [2.75, 3.05) is 33.2 Å². The van der Waals surface area contributed by atoms with Gasteiger partial charge in [-0.3, -0.25) is 4.79 Å². The van der Waals surface area contributed by atoms with E-state index < -0.39 is 0 Å². The molecule has 2 saturated heterocycles. The van der Waals surface area contributed by atoms with Gasteiger partial charge in [0, 0.05) is 38.5 Å². The van der Waals surface area contributed by atoms with Crippen LogP contribution < -0.4 is 0 Å². The Bertz CT molecular complexity index is 513. The van der Waals surface area contributed by atoms with Gasteiger partial charge in [0.15, 0.2) is 0 Å². The fourth-order valence-corrected chi connectivity index (χ4v) is 4.16. The molecule has 1 aromatic rings. The van der Waals surface area contributed by atoms with E-state index in [-0.39, 0.29) is 5.92 Å². The van der Waals surface area contributed by atoms with Crippen LogP contribution in [0.2, 0.25) is 0 Å². The molecule has 6 heteroatoms. The maximum absolute atomic E-state index is 12.7. The normalized spacial score (nSPS) is 33.2. The molecule has 4 rings (SSSR count). The number of hydrogen-bond acceptors (Lipinski definition) is 4. The lowest BCUT2D eigenvalue weighted by Crippen LogP contribution is -2.38. The molecule has 1 aliphatic carbocycles. The molecule has 3 heterocycles. The third kappa shape index (κ3) is 1.93. The Morgan fingerprint density at radius 1 is 1.15 bits per heavy atom. The van der Waals surface area contributed by atoms with Crippen molar-refractivity contribution >= 4 is 5.91 Å². The van der Waals surface area contributed by atoms with Crippen molar-refractivity contribution in [3.63, 3.8) is 0 Å². The fraction of sp³-hybridized carbons (Fsp3) is 0.786. The van der Waals surface area contributed by atoms with Crippen LogP contribution in [-0.2, 0) is 17.6 Å². The van der Waals surface area contributed by atoms with E-state index in [1.165, 1.54) is 0 Å². The van der Waals surface area contributed by atoms with Gasteiger partial charge in [0.2, 0.25) is 5.91 Å². The Morgan fingerprint density at radius 3 is 2.60 bits per heavy atom. The second-order valence-electron chi connectivity index (χ2n) is 6.64. The number of aromatic nitrogens is 3. The molecule has 0 radical (unpaired) electrons. The van der Waals surface area contributed by atoms with Crippen LogP contribution in [0.4, 0.5) is 0 Å². The third-order valence-corrected chi connectivity index (χ3v) is 5.20. The summed E-state index contributed by atoms with van der Waals surface area (Å²) in [5.74, 6) is 1.84. The summed E-state index contributed by atoms with van der Waals surface area (Å²) in [5.41, 5.74) is 2.04. The first kappa shape index (κ1) is 12.3. The second-order valence-corrected chi connectivity index (χ2v) is 6.64. The number of hydrogen-bond donors (Lipinski definition) is 1. The summed E-state index contributed by atoms with van der Waals surface area (Å²) in [6.45, 7) is 4.20. The number of H-pyrrole nitrogens is 1. The van der Waals surface area contributed by atoms with E-state index in [1.807, 2.05) is 0 Å². The number of rotatable bonds is 1. The molecule has 20 heavy (non-hydrogen) atoms. The molecule has 3 unspecified atom stereocenters. The van der Waals surface area contributed by atoms with E-state index in [0.29, 0.717) is 17.7 Å². The van der Waals surface area contributed by atoms with Gasteiger partial charge in [-0.2, -0.15) is 15.4 Å². The van der Waals surface area contributed by atoms with Gasteiger partial charge in [0.25, 0.3) is 0 Å². The molecule has 2 aliphatic heterocycles. The number of amides is 1. The van der Waals surface area contributed by atoms with E-state index >= 15 is 0 Å². The van der Waals surface area contributed by atoms with Crippen LogP contribution in [0, 0.1) is 17.8 Å². The molecular formula is C14H21N5O. The van der Waals surface area contributed by atoms with Crippen LogP contribution in [0.15, 0.2) is 0 Å². The molecule has 2 fully saturated rings. The molecule has 0 spiro atoms. The quantitative estimate of drug-likeness (QED) is 0.779. The van der Waals surface area contributed by atoms with E-state index in [1.54, 1.807) is 0 Å². The number of nitrogens with one attached hydrogen (secondary N) is 1. The number of aromatic amines is 1. The lowest BCUT2D eigenvalue weighted by Gasteiger charge is -2.26. The van der Waals surface area contributed by atoms with E-state index in [4.69, 9.17) is 0 Å². The van der Waals surface area contributed by atoms with Gasteiger partial charge in [-0.25, -0.2) is 0 Å². The van der Waals surface area contributed by atoms with Crippen LogP contribution in [-0.4, -0.2) is 64.3 Å². The monoisotopic (exact) mass is 275 g/mol. The Kier molecular flexibility index (Phi) is 2.80. The highest BCUT2D eigenvalue weighted by molar-refractivity contribution is 5.79. The predicted octanol–water partition coefficient (Wildman–Crippen LogP) is -0.0704. The molecule has 0 aromatic carbocycles. The van der Waals surface area contributed by atoms with Crippen LogP contribution in [0.3, 0.4) is 0 Å². The van der Waals surface area contributed by atoms with E-state index in [0.717, 1.165) is 56.8 Å². The van der Waals surface area contributed by atoms with Gasteiger partial charge >= 0.3 is 0 Å². The third-order valence-electron chi connectivity index (χ3n) is 5.20. The van der Waals surface area contributed by atoms with Crippen LogP contribution in [0.25, 0.3) is 0 Å². The largest absolute Gasteiger partial charge is 0.342 e. The maximum atomic E-state index is 12.7. The van der Waals surface area contributed by atoms with Crippen LogP contribution in [0.1, 0.15) is 17.8 Å². The minimum absolute atomic E-state index is 0.115. The van der Waals surface area contributed by atoms with Gasteiger partial charge in [0.05, 0.1) is 11.4 Å². The first-order chi connectivity index (χ1) is 9.70. The summed E-state index contributed by atoms with van der Waals surface area (Å²) in [7, 11) is 2.18. The molecule has 108 valence electrons. The minimum atomic E-state index is 0.115. The standard InChI is InChI=1S/C14H21N5O/c1-18-5-10-7-19(8-11(10)6-18)14(20)9-2-3-12-13(4-9)16-17-15-12/h9-11H,2-8H2,1H3,(H,15,16,17). The average molecular weight is 275 g/mol. The molecule has 6 nitrogen and oxygen atoms in total. The number of carbonyl (C=O) groups is 1. The van der Waals surface area contributed by atoms with Crippen LogP contribution >= 0.6 is 0 Å². The van der Waals surface area contributed by atoms with Gasteiger partial charge in [0.1, 0.15) is 0 Å². The highest BCUT2D eigenvalue weighted by atomic mass is 16.2.